The van der Waals surface area contributed by atoms with Crippen LogP contribution in [0.1, 0.15) is 36.7 Å². The van der Waals surface area contributed by atoms with E-state index in [1.807, 2.05) is 25.1 Å². The first kappa shape index (κ1) is 15.3. The molecule has 0 saturated heterocycles. The van der Waals surface area contributed by atoms with Crippen LogP contribution >= 0.6 is 0 Å². The van der Waals surface area contributed by atoms with Crippen molar-refractivity contribution in [3.05, 3.63) is 41.5 Å². The van der Waals surface area contributed by atoms with E-state index in [1.54, 1.807) is 6.92 Å². The fourth-order valence-corrected chi connectivity index (χ4v) is 2.53. The van der Waals surface area contributed by atoms with Gasteiger partial charge < -0.3 is 19.9 Å². The Kier molecular flexibility index (Phi) is 4.75. The van der Waals surface area contributed by atoms with Gasteiger partial charge in [-0.25, -0.2) is 4.99 Å². The average molecular weight is 315 g/mol. The molecule has 0 spiro atoms. The van der Waals surface area contributed by atoms with Gasteiger partial charge >= 0.3 is 0 Å². The van der Waals surface area contributed by atoms with Crippen molar-refractivity contribution in [3.8, 4) is 5.75 Å². The highest BCUT2D eigenvalue weighted by atomic mass is 16.5. The molecule has 3 rings (SSSR count). The van der Waals surface area contributed by atoms with Gasteiger partial charge in [0.1, 0.15) is 12.3 Å². The summed E-state index contributed by atoms with van der Waals surface area (Å²) in [5, 5.41) is 10.6. The number of aryl methyl sites for hydroxylation is 1. The predicted molar refractivity (Wildman–Crippen MR) is 86.3 cm³/mol. The van der Waals surface area contributed by atoms with Gasteiger partial charge in [0.15, 0.2) is 11.8 Å². The maximum absolute atomic E-state index is 5.69. The molecule has 0 aliphatic carbocycles. The summed E-state index contributed by atoms with van der Waals surface area (Å²) in [6, 6.07) is 8.26. The number of aromatic nitrogens is 2. The van der Waals surface area contributed by atoms with Gasteiger partial charge in [0, 0.05) is 25.5 Å². The second kappa shape index (κ2) is 7.13. The van der Waals surface area contributed by atoms with Crippen LogP contribution in [0.5, 0.6) is 5.75 Å². The summed E-state index contributed by atoms with van der Waals surface area (Å²) in [6.07, 6.45) is 0.892. The molecule has 0 radical (unpaired) electrons. The van der Waals surface area contributed by atoms with E-state index in [-0.39, 0.29) is 6.04 Å². The largest absolute Gasteiger partial charge is 0.493 e. The standard InChI is InChI=1S/C16H21N5O2/c1-3-17-16(18-10-15-19-11(2)23-21-15)20-13-8-9-22-14-7-5-4-6-12(13)14/h4-7,13H,3,8-10H2,1-2H3,(H2,17,18,20). The lowest BCUT2D eigenvalue weighted by Crippen LogP contribution is -2.41. The lowest BCUT2D eigenvalue weighted by atomic mass is 10.0. The number of nitrogens with one attached hydrogen (secondary N) is 2. The minimum atomic E-state index is 0.171. The fraction of sp³-hybridized carbons (Fsp3) is 0.438. The van der Waals surface area contributed by atoms with Crippen LogP contribution in [0.4, 0.5) is 0 Å². The van der Waals surface area contributed by atoms with Crippen molar-refractivity contribution in [2.45, 2.75) is 32.9 Å². The van der Waals surface area contributed by atoms with Crippen molar-refractivity contribution in [2.24, 2.45) is 4.99 Å². The Labute approximate surface area is 135 Å². The highest BCUT2D eigenvalue weighted by molar-refractivity contribution is 5.80. The summed E-state index contributed by atoms with van der Waals surface area (Å²) in [7, 11) is 0. The van der Waals surface area contributed by atoms with Crippen LogP contribution in [0, 0.1) is 6.92 Å². The predicted octanol–water partition coefficient (Wildman–Crippen LogP) is 1.96. The van der Waals surface area contributed by atoms with Gasteiger partial charge in [0.25, 0.3) is 0 Å². The molecule has 2 aromatic rings. The number of nitrogens with zero attached hydrogens (tertiary/aromatic N) is 3. The molecule has 1 atom stereocenters. The molecular weight excluding hydrogens is 294 g/mol. The molecule has 0 amide bonds. The van der Waals surface area contributed by atoms with E-state index < -0.39 is 0 Å². The van der Waals surface area contributed by atoms with Gasteiger partial charge in [-0.2, -0.15) is 4.98 Å². The quantitative estimate of drug-likeness (QED) is 0.663. The molecule has 0 fully saturated rings. The molecular formula is C16H21N5O2. The van der Waals surface area contributed by atoms with Gasteiger partial charge in [0.2, 0.25) is 5.89 Å². The zero-order valence-corrected chi connectivity index (χ0v) is 13.4. The van der Waals surface area contributed by atoms with Crippen LogP contribution in [-0.4, -0.2) is 29.3 Å². The highest BCUT2D eigenvalue weighted by Crippen LogP contribution is 2.31. The third kappa shape index (κ3) is 3.80. The summed E-state index contributed by atoms with van der Waals surface area (Å²) < 4.78 is 10.7. The topological polar surface area (TPSA) is 84.6 Å². The van der Waals surface area contributed by atoms with E-state index >= 15 is 0 Å². The van der Waals surface area contributed by atoms with E-state index in [1.165, 1.54) is 0 Å². The maximum atomic E-state index is 5.69. The van der Waals surface area contributed by atoms with Crippen LogP contribution in [0.3, 0.4) is 0 Å². The molecule has 7 nitrogen and oxygen atoms in total. The van der Waals surface area contributed by atoms with E-state index in [4.69, 9.17) is 9.26 Å². The van der Waals surface area contributed by atoms with E-state index in [2.05, 4.69) is 31.8 Å². The molecule has 0 bridgehead atoms. The third-order valence-corrected chi connectivity index (χ3v) is 3.56. The number of ether oxygens (including phenoxy) is 1. The molecule has 2 N–H and O–H groups in total. The van der Waals surface area contributed by atoms with Gasteiger partial charge in [-0.1, -0.05) is 23.4 Å². The van der Waals surface area contributed by atoms with E-state index in [0.717, 1.165) is 30.2 Å². The average Bonchev–Trinajstić information content (AvgIpc) is 2.99. The summed E-state index contributed by atoms with van der Waals surface area (Å²) in [5.74, 6) is 2.79. The number of aliphatic imine (C=N–C) groups is 1. The van der Waals surface area contributed by atoms with Crippen LogP contribution in [0.2, 0.25) is 0 Å². The van der Waals surface area contributed by atoms with Crippen molar-refractivity contribution >= 4 is 5.96 Å². The molecule has 23 heavy (non-hydrogen) atoms. The molecule has 2 heterocycles. The number of benzene rings is 1. The second-order valence-corrected chi connectivity index (χ2v) is 5.30. The summed E-state index contributed by atoms with van der Waals surface area (Å²) in [6.45, 7) is 5.65. The van der Waals surface area contributed by atoms with Crippen molar-refractivity contribution in [3.63, 3.8) is 0 Å². The minimum Gasteiger partial charge on any atom is -0.493 e. The highest BCUT2D eigenvalue weighted by Gasteiger charge is 2.21. The maximum Gasteiger partial charge on any atom is 0.223 e. The number of hydrogen-bond acceptors (Lipinski definition) is 5. The lowest BCUT2D eigenvalue weighted by Gasteiger charge is -2.28. The third-order valence-electron chi connectivity index (χ3n) is 3.56. The Bertz CT molecular complexity index is 683. The fourth-order valence-electron chi connectivity index (χ4n) is 2.53. The Hall–Kier alpha value is -2.57. The number of guanidine groups is 1. The van der Waals surface area contributed by atoms with Gasteiger partial charge in [-0.05, 0) is 13.0 Å². The van der Waals surface area contributed by atoms with Crippen molar-refractivity contribution in [1.29, 1.82) is 0 Å². The van der Waals surface area contributed by atoms with Crippen LogP contribution in [0.25, 0.3) is 0 Å². The van der Waals surface area contributed by atoms with Gasteiger partial charge in [0.05, 0.1) is 12.6 Å². The first-order valence-electron chi connectivity index (χ1n) is 7.82. The first-order valence-corrected chi connectivity index (χ1v) is 7.82. The van der Waals surface area contributed by atoms with Crippen molar-refractivity contribution in [2.75, 3.05) is 13.2 Å². The number of rotatable bonds is 4. The summed E-state index contributed by atoms with van der Waals surface area (Å²) in [4.78, 5) is 8.70. The molecule has 1 aliphatic rings. The summed E-state index contributed by atoms with van der Waals surface area (Å²) >= 11 is 0. The smallest absolute Gasteiger partial charge is 0.223 e. The molecule has 7 heteroatoms. The minimum absolute atomic E-state index is 0.171. The molecule has 1 unspecified atom stereocenters. The number of hydrogen-bond donors (Lipinski definition) is 2. The molecule has 122 valence electrons. The SMILES string of the molecule is CCNC(=NCc1noc(C)n1)NC1CCOc2ccccc21. The molecule has 0 saturated carbocycles. The van der Waals surface area contributed by atoms with Crippen LogP contribution in [-0.2, 0) is 6.54 Å². The Balaban J connectivity index is 1.72. The lowest BCUT2D eigenvalue weighted by molar-refractivity contribution is 0.261. The van der Waals surface area contributed by atoms with Gasteiger partial charge in [-0.3, -0.25) is 0 Å². The monoisotopic (exact) mass is 315 g/mol. The number of fused-ring (bicyclic) bond motifs is 1. The van der Waals surface area contributed by atoms with Gasteiger partial charge in [-0.15, -0.1) is 0 Å². The normalized spacial score (nSPS) is 17.3. The number of para-hydroxylation sites is 1. The molecule has 1 aliphatic heterocycles. The molecule has 1 aromatic carbocycles. The Morgan fingerprint density at radius 3 is 3.04 bits per heavy atom. The first-order chi connectivity index (χ1) is 11.3. The Morgan fingerprint density at radius 2 is 2.26 bits per heavy atom. The van der Waals surface area contributed by atoms with Crippen LogP contribution < -0.4 is 15.4 Å². The zero-order chi connectivity index (χ0) is 16.1. The van der Waals surface area contributed by atoms with E-state index in [0.29, 0.717) is 24.9 Å². The summed E-state index contributed by atoms with van der Waals surface area (Å²) in [5.41, 5.74) is 1.15. The van der Waals surface area contributed by atoms with Crippen molar-refractivity contribution in [1.82, 2.24) is 20.8 Å². The van der Waals surface area contributed by atoms with Crippen molar-refractivity contribution < 1.29 is 9.26 Å². The van der Waals surface area contributed by atoms with E-state index in [9.17, 15) is 0 Å². The van der Waals surface area contributed by atoms with Crippen LogP contribution in [0.15, 0.2) is 33.8 Å². The second-order valence-electron chi connectivity index (χ2n) is 5.30. The Morgan fingerprint density at radius 1 is 1.39 bits per heavy atom. The zero-order valence-electron chi connectivity index (χ0n) is 13.4. The molecule has 1 aromatic heterocycles.